The molecule has 0 unspecified atom stereocenters. The minimum Gasteiger partial charge on any atom is -0.355 e. The predicted molar refractivity (Wildman–Crippen MR) is 102 cm³/mol. The summed E-state index contributed by atoms with van der Waals surface area (Å²) in [6.45, 7) is 0. The number of nitrogens with one attached hydrogen (secondary N) is 2. The zero-order valence-corrected chi connectivity index (χ0v) is 15.0. The third-order valence-corrected chi connectivity index (χ3v) is 4.40. The average molecular weight is 382 g/mol. The number of aromatic nitrogens is 1. The number of rotatable bonds is 5. The van der Waals surface area contributed by atoms with Gasteiger partial charge in [-0.05, 0) is 49.2 Å². The van der Waals surface area contributed by atoms with E-state index in [1.165, 1.54) is 0 Å². The van der Waals surface area contributed by atoms with Crippen molar-refractivity contribution in [1.82, 2.24) is 10.5 Å². The molecule has 27 heavy (non-hydrogen) atoms. The standard InChI is InChI=1S/C20H16ClN3O3/c21-14-3-1-2-13(10-14)18-11-17(24-27-18)20(26)23-15-6-4-12(5-7-15)19(25)22-16-8-9-16/h1-7,10-11,16H,8-9H2,(H,22,25)(H,23,26). The topological polar surface area (TPSA) is 84.2 Å². The first-order chi connectivity index (χ1) is 13.1. The second-order valence-electron chi connectivity index (χ2n) is 6.37. The highest BCUT2D eigenvalue weighted by Gasteiger charge is 2.23. The van der Waals surface area contributed by atoms with Crippen LogP contribution in [0.3, 0.4) is 0 Å². The van der Waals surface area contributed by atoms with Gasteiger partial charge < -0.3 is 15.2 Å². The van der Waals surface area contributed by atoms with E-state index in [1.807, 2.05) is 6.07 Å². The van der Waals surface area contributed by atoms with Crippen LogP contribution in [-0.2, 0) is 0 Å². The van der Waals surface area contributed by atoms with E-state index in [2.05, 4.69) is 15.8 Å². The number of benzene rings is 2. The van der Waals surface area contributed by atoms with E-state index in [4.69, 9.17) is 16.1 Å². The van der Waals surface area contributed by atoms with Crippen LogP contribution in [0, 0.1) is 0 Å². The number of hydrogen-bond acceptors (Lipinski definition) is 4. The number of amides is 2. The molecule has 136 valence electrons. The van der Waals surface area contributed by atoms with Crippen LogP contribution >= 0.6 is 11.6 Å². The van der Waals surface area contributed by atoms with Gasteiger partial charge in [-0.2, -0.15) is 0 Å². The molecule has 1 heterocycles. The molecule has 2 amide bonds. The van der Waals surface area contributed by atoms with Crippen LogP contribution in [0.1, 0.15) is 33.7 Å². The lowest BCUT2D eigenvalue weighted by molar-refractivity contribution is 0.0950. The van der Waals surface area contributed by atoms with Crippen molar-refractivity contribution in [2.75, 3.05) is 5.32 Å². The van der Waals surface area contributed by atoms with Gasteiger partial charge in [0.1, 0.15) is 0 Å². The van der Waals surface area contributed by atoms with Gasteiger partial charge in [0.15, 0.2) is 11.5 Å². The number of hydrogen-bond donors (Lipinski definition) is 2. The van der Waals surface area contributed by atoms with Gasteiger partial charge in [-0.15, -0.1) is 0 Å². The zero-order chi connectivity index (χ0) is 18.8. The quantitative estimate of drug-likeness (QED) is 0.695. The van der Waals surface area contributed by atoms with E-state index in [0.717, 1.165) is 18.4 Å². The highest BCUT2D eigenvalue weighted by atomic mass is 35.5. The first-order valence-corrected chi connectivity index (χ1v) is 8.91. The molecule has 0 aliphatic heterocycles. The van der Waals surface area contributed by atoms with Gasteiger partial charge in [-0.1, -0.05) is 28.9 Å². The Morgan fingerprint density at radius 3 is 2.52 bits per heavy atom. The maximum atomic E-state index is 12.4. The van der Waals surface area contributed by atoms with E-state index in [1.54, 1.807) is 48.5 Å². The zero-order valence-electron chi connectivity index (χ0n) is 14.2. The van der Waals surface area contributed by atoms with Crippen molar-refractivity contribution < 1.29 is 14.1 Å². The number of halogens is 1. The SMILES string of the molecule is O=C(NC1CC1)c1ccc(NC(=O)c2cc(-c3cccc(Cl)c3)on2)cc1. The van der Waals surface area contributed by atoms with E-state index < -0.39 is 5.91 Å². The summed E-state index contributed by atoms with van der Waals surface area (Å²) in [6, 6.07) is 15.7. The van der Waals surface area contributed by atoms with Crippen molar-refractivity contribution in [2.45, 2.75) is 18.9 Å². The van der Waals surface area contributed by atoms with Gasteiger partial charge in [-0.25, -0.2) is 0 Å². The smallest absolute Gasteiger partial charge is 0.277 e. The molecule has 7 heteroatoms. The van der Waals surface area contributed by atoms with E-state index >= 15 is 0 Å². The number of nitrogens with zero attached hydrogens (tertiary/aromatic N) is 1. The van der Waals surface area contributed by atoms with Crippen molar-refractivity contribution in [3.8, 4) is 11.3 Å². The largest absolute Gasteiger partial charge is 0.355 e. The van der Waals surface area contributed by atoms with E-state index in [9.17, 15) is 9.59 Å². The molecule has 0 radical (unpaired) electrons. The van der Waals surface area contributed by atoms with E-state index in [0.29, 0.717) is 28.1 Å². The van der Waals surface area contributed by atoms with E-state index in [-0.39, 0.29) is 11.6 Å². The van der Waals surface area contributed by atoms with Crippen molar-refractivity contribution in [2.24, 2.45) is 0 Å². The molecule has 0 atom stereocenters. The molecule has 1 aromatic heterocycles. The van der Waals surface area contributed by atoms with Crippen molar-refractivity contribution in [3.05, 3.63) is 70.9 Å². The number of carbonyl (C=O) groups is 2. The molecule has 2 N–H and O–H groups in total. The summed E-state index contributed by atoms with van der Waals surface area (Å²) < 4.78 is 5.24. The maximum absolute atomic E-state index is 12.4. The lowest BCUT2D eigenvalue weighted by atomic mass is 10.1. The molecule has 0 spiro atoms. The third kappa shape index (κ3) is 4.17. The Morgan fingerprint density at radius 2 is 1.81 bits per heavy atom. The molecule has 0 bridgehead atoms. The Hall–Kier alpha value is -3.12. The summed E-state index contributed by atoms with van der Waals surface area (Å²) in [6.07, 6.45) is 2.07. The minimum absolute atomic E-state index is 0.0990. The van der Waals surface area contributed by atoms with Crippen LogP contribution in [0.25, 0.3) is 11.3 Å². The number of carbonyl (C=O) groups excluding carboxylic acids is 2. The predicted octanol–water partition coefficient (Wildman–Crippen LogP) is 4.14. The Bertz CT molecular complexity index is 994. The Morgan fingerprint density at radius 1 is 1.04 bits per heavy atom. The molecule has 2 aromatic carbocycles. The molecule has 6 nitrogen and oxygen atoms in total. The maximum Gasteiger partial charge on any atom is 0.277 e. The van der Waals surface area contributed by atoms with Gasteiger partial charge in [0.25, 0.3) is 11.8 Å². The molecule has 1 saturated carbocycles. The van der Waals surface area contributed by atoms with Crippen LogP contribution < -0.4 is 10.6 Å². The molecule has 3 aromatic rings. The summed E-state index contributed by atoms with van der Waals surface area (Å²) in [4.78, 5) is 24.3. The first kappa shape index (κ1) is 17.3. The fraction of sp³-hybridized carbons (Fsp3) is 0.150. The summed E-state index contributed by atoms with van der Waals surface area (Å²) in [5.41, 5.74) is 2.01. The molecule has 0 saturated heterocycles. The Kier molecular flexibility index (Phi) is 4.64. The molecule has 1 aliphatic carbocycles. The van der Waals surface area contributed by atoms with Gasteiger partial charge in [0.05, 0.1) is 0 Å². The number of anilines is 1. The van der Waals surface area contributed by atoms with Gasteiger partial charge in [-0.3, -0.25) is 9.59 Å². The van der Waals surface area contributed by atoms with Crippen LogP contribution in [0.5, 0.6) is 0 Å². The van der Waals surface area contributed by atoms with Crippen molar-refractivity contribution in [1.29, 1.82) is 0 Å². The second kappa shape index (κ2) is 7.25. The lowest BCUT2D eigenvalue weighted by Gasteiger charge is -2.05. The van der Waals surface area contributed by atoms with Crippen LogP contribution in [0.15, 0.2) is 59.1 Å². The summed E-state index contributed by atoms with van der Waals surface area (Å²) in [7, 11) is 0. The first-order valence-electron chi connectivity index (χ1n) is 8.53. The van der Waals surface area contributed by atoms with Crippen LogP contribution in [0.2, 0.25) is 5.02 Å². The van der Waals surface area contributed by atoms with Gasteiger partial charge in [0.2, 0.25) is 0 Å². The Labute approximate surface area is 160 Å². The molecule has 4 rings (SSSR count). The highest BCUT2D eigenvalue weighted by Crippen LogP contribution is 2.24. The molecule has 1 aliphatic rings. The molecular formula is C20H16ClN3O3. The average Bonchev–Trinajstić information content (AvgIpc) is 3.33. The lowest BCUT2D eigenvalue weighted by Crippen LogP contribution is -2.25. The Balaban J connectivity index is 1.42. The van der Waals surface area contributed by atoms with Crippen LogP contribution in [-0.4, -0.2) is 23.0 Å². The molecular weight excluding hydrogens is 366 g/mol. The summed E-state index contributed by atoms with van der Waals surface area (Å²) >= 11 is 5.97. The highest BCUT2D eigenvalue weighted by molar-refractivity contribution is 6.30. The van der Waals surface area contributed by atoms with Crippen molar-refractivity contribution >= 4 is 29.1 Å². The van der Waals surface area contributed by atoms with Gasteiger partial charge >= 0.3 is 0 Å². The normalized spacial score (nSPS) is 13.2. The molecule has 1 fully saturated rings. The second-order valence-corrected chi connectivity index (χ2v) is 6.80. The monoisotopic (exact) mass is 381 g/mol. The van der Waals surface area contributed by atoms with Gasteiger partial charge in [0, 0.05) is 33.9 Å². The minimum atomic E-state index is -0.401. The van der Waals surface area contributed by atoms with Crippen molar-refractivity contribution in [3.63, 3.8) is 0 Å². The van der Waals surface area contributed by atoms with Crippen LogP contribution in [0.4, 0.5) is 5.69 Å². The fourth-order valence-corrected chi connectivity index (χ4v) is 2.75. The fourth-order valence-electron chi connectivity index (χ4n) is 2.56. The summed E-state index contributed by atoms with van der Waals surface area (Å²) in [5.74, 6) is -0.0463. The third-order valence-electron chi connectivity index (χ3n) is 4.17. The summed E-state index contributed by atoms with van der Waals surface area (Å²) in [5, 5.41) is 10.0.